The van der Waals surface area contributed by atoms with Gasteiger partial charge in [0.15, 0.2) is 9.84 Å². The molecule has 0 N–H and O–H groups in total. The van der Waals surface area contributed by atoms with Gasteiger partial charge in [-0.05, 0) is 49.3 Å². The van der Waals surface area contributed by atoms with Crippen molar-refractivity contribution in [1.29, 1.82) is 5.26 Å². The molecule has 1 heterocycles. The third-order valence-electron chi connectivity index (χ3n) is 4.95. The van der Waals surface area contributed by atoms with Crippen LogP contribution in [0.1, 0.15) is 17.5 Å². The van der Waals surface area contributed by atoms with E-state index in [1.54, 1.807) is 24.3 Å². The third-order valence-corrected chi connectivity index (χ3v) is 6.66. The highest BCUT2D eigenvalue weighted by Gasteiger charge is 2.19. The Balaban J connectivity index is 1.50. The molecule has 6 heteroatoms. The molecule has 0 radical (unpaired) electrons. The zero-order valence-corrected chi connectivity index (χ0v) is 16.2. The number of rotatable bonds is 6. The minimum absolute atomic E-state index is 0.159. The molecule has 27 heavy (non-hydrogen) atoms. The summed E-state index contributed by atoms with van der Waals surface area (Å²) in [5.41, 5.74) is 1.88. The van der Waals surface area contributed by atoms with Crippen molar-refractivity contribution in [2.45, 2.75) is 17.9 Å². The Labute approximate surface area is 161 Å². The summed E-state index contributed by atoms with van der Waals surface area (Å²) >= 11 is 0. The first-order chi connectivity index (χ1) is 13.1. The van der Waals surface area contributed by atoms with Gasteiger partial charge in [0, 0.05) is 26.2 Å². The van der Waals surface area contributed by atoms with E-state index in [2.05, 4.69) is 15.9 Å². The molecule has 2 aromatic rings. The molecule has 0 bridgehead atoms. The fourth-order valence-corrected chi connectivity index (χ4v) is 4.65. The van der Waals surface area contributed by atoms with Gasteiger partial charge in [-0.3, -0.25) is 4.90 Å². The molecule has 0 spiro atoms. The van der Waals surface area contributed by atoms with Crippen molar-refractivity contribution in [3.63, 3.8) is 0 Å². The Bertz CT molecular complexity index is 874. The summed E-state index contributed by atoms with van der Waals surface area (Å²) in [5.74, 6) is 0.159. The topological polar surface area (TPSA) is 64.4 Å². The standard InChI is InChI=1S/C21H25N3O2S/c22-17-19-7-9-20(10-8-19)18-24-12-4-11-23(13-14-24)15-16-27(25,26)21-5-2-1-3-6-21/h1-3,5-10H,4,11-16,18H2. The average Bonchev–Trinajstić information content (AvgIpc) is 2.93. The molecular weight excluding hydrogens is 358 g/mol. The Kier molecular flexibility index (Phi) is 6.62. The van der Waals surface area contributed by atoms with Gasteiger partial charge in [-0.2, -0.15) is 5.26 Å². The van der Waals surface area contributed by atoms with Crippen molar-refractivity contribution in [1.82, 2.24) is 9.80 Å². The monoisotopic (exact) mass is 383 g/mol. The molecule has 142 valence electrons. The molecule has 1 fully saturated rings. The second-order valence-electron chi connectivity index (χ2n) is 6.91. The van der Waals surface area contributed by atoms with Crippen molar-refractivity contribution < 1.29 is 8.42 Å². The van der Waals surface area contributed by atoms with Crippen LogP contribution in [0.25, 0.3) is 0 Å². The van der Waals surface area contributed by atoms with E-state index in [-0.39, 0.29) is 5.75 Å². The van der Waals surface area contributed by atoms with Crippen LogP contribution in [0.3, 0.4) is 0 Å². The number of sulfone groups is 1. The largest absolute Gasteiger partial charge is 0.301 e. The Morgan fingerprint density at radius 2 is 1.56 bits per heavy atom. The summed E-state index contributed by atoms with van der Waals surface area (Å²) in [6.07, 6.45) is 1.03. The van der Waals surface area contributed by atoms with E-state index in [0.29, 0.717) is 17.0 Å². The third kappa shape index (κ3) is 5.64. The maximum absolute atomic E-state index is 12.5. The minimum Gasteiger partial charge on any atom is -0.301 e. The van der Waals surface area contributed by atoms with Crippen LogP contribution in [0, 0.1) is 11.3 Å². The van der Waals surface area contributed by atoms with Crippen LogP contribution in [0.2, 0.25) is 0 Å². The van der Waals surface area contributed by atoms with E-state index in [1.807, 2.05) is 30.3 Å². The van der Waals surface area contributed by atoms with Gasteiger partial charge in [-0.25, -0.2) is 8.42 Å². The van der Waals surface area contributed by atoms with E-state index in [4.69, 9.17) is 5.26 Å². The van der Waals surface area contributed by atoms with Crippen molar-refractivity contribution in [2.24, 2.45) is 0 Å². The van der Waals surface area contributed by atoms with Crippen molar-refractivity contribution >= 4 is 9.84 Å². The molecule has 5 nitrogen and oxygen atoms in total. The molecular formula is C21H25N3O2S. The van der Waals surface area contributed by atoms with Gasteiger partial charge in [-0.1, -0.05) is 30.3 Å². The van der Waals surface area contributed by atoms with Crippen LogP contribution in [-0.4, -0.2) is 56.7 Å². The van der Waals surface area contributed by atoms with E-state index in [1.165, 1.54) is 5.56 Å². The molecule has 1 aliphatic rings. The zero-order chi connectivity index (χ0) is 19.1. The van der Waals surface area contributed by atoms with E-state index < -0.39 is 9.84 Å². The van der Waals surface area contributed by atoms with Gasteiger partial charge in [0.25, 0.3) is 0 Å². The quantitative estimate of drug-likeness (QED) is 0.767. The van der Waals surface area contributed by atoms with Crippen molar-refractivity contribution in [2.75, 3.05) is 38.5 Å². The smallest absolute Gasteiger partial charge is 0.179 e. The van der Waals surface area contributed by atoms with Gasteiger partial charge in [-0.15, -0.1) is 0 Å². The van der Waals surface area contributed by atoms with Gasteiger partial charge >= 0.3 is 0 Å². The molecule has 0 atom stereocenters. The number of nitriles is 1. The summed E-state index contributed by atoms with van der Waals surface area (Å²) in [6.45, 7) is 5.16. The predicted molar refractivity (Wildman–Crippen MR) is 106 cm³/mol. The lowest BCUT2D eigenvalue weighted by atomic mass is 10.1. The number of benzene rings is 2. The normalized spacial score (nSPS) is 16.6. The fraction of sp³-hybridized carbons (Fsp3) is 0.381. The van der Waals surface area contributed by atoms with E-state index in [9.17, 15) is 8.42 Å². The van der Waals surface area contributed by atoms with Crippen molar-refractivity contribution in [3.05, 3.63) is 65.7 Å². The van der Waals surface area contributed by atoms with Crippen LogP contribution in [-0.2, 0) is 16.4 Å². The molecule has 0 amide bonds. The zero-order valence-electron chi connectivity index (χ0n) is 15.4. The van der Waals surface area contributed by atoms with Gasteiger partial charge in [0.05, 0.1) is 22.3 Å². The Hall–Kier alpha value is -2.20. The lowest BCUT2D eigenvalue weighted by Crippen LogP contribution is -2.33. The highest BCUT2D eigenvalue weighted by atomic mass is 32.2. The van der Waals surface area contributed by atoms with Crippen LogP contribution in [0.15, 0.2) is 59.5 Å². The lowest BCUT2D eigenvalue weighted by Gasteiger charge is -2.22. The molecule has 0 saturated carbocycles. The Morgan fingerprint density at radius 3 is 2.26 bits per heavy atom. The second kappa shape index (κ2) is 9.14. The average molecular weight is 384 g/mol. The van der Waals surface area contributed by atoms with Crippen LogP contribution < -0.4 is 0 Å². The highest BCUT2D eigenvalue weighted by Crippen LogP contribution is 2.13. The first kappa shape index (κ1) is 19.6. The number of hydrogen-bond donors (Lipinski definition) is 0. The summed E-state index contributed by atoms with van der Waals surface area (Å²) in [4.78, 5) is 5.05. The summed E-state index contributed by atoms with van der Waals surface area (Å²) < 4.78 is 24.9. The van der Waals surface area contributed by atoms with Crippen LogP contribution >= 0.6 is 0 Å². The van der Waals surface area contributed by atoms with Gasteiger partial charge in [0.1, 0.15) is 0 Å². The number of hydrogen-bond acceptors (Lipinski definition) is 5. The Morgan fingerprint density at radius 1 is 0.889 bits per heavy atom. The highest BCUT2D eigenvalue weighted by molar-refractivity contribution is 7.91. The molecule has 3 rings (SSSR count). The maximum Gasteiger partial charge on any atom is 0.179 e. The van der Waals surface area contributed by atoms with Crippen molar-refractivity contribution in [3.8, 4) is 6.07 Å². The fourth-order valence-electron chi connectivity index (χ4n) is 3.34. The van der Waals surface area contributed by atoms with E-state index >= 15 is 0 Å². The minimum atomic E-state index is -3.22. The van der Waals surface area contributed by atoms with Gasteiger partial charge < -0.3 is 4.90 Å². The lowest BCUT2D eigenvalue weighted by molar-refractivity contribution is 0.258. The molecule has 0 unspecified atom stereocenters. The second-order valence-corrected chi connectivity index (χ2v) is 9.02. The molecule has 1 saturated heterocycles. The molecule has 1 aliphatic heterocycles. The summed E-state index contributed by atoms with van der Waals surface area (Å²) in [5, 5.41) is 8.89. The number of nitrogens with zero attached hydrogens (tertiary/aromatic N) is 3. The summed E-state index contributed by atoms with van der Waals surface area (Å²) in [7, 11) is -3.22. The first-order valence-corrected chi connectivity index (χ1v) is 10.9. The molecule has 2 aromatic carbocycles. The van der Waals surface area contributed by atoms with E-state index in [0.717, 1.165) is 39.1 Å². The van der Waals surface area contributed by atoms with Gasteiger partial charge in [0.2, 0.25) is 0 Å². The summed E-state index contributed by atoms with van der Waals surface area (Å²) in [6, 6.07) is 18.6. The van der Waals surface area contributed by atoms with Crippen LogP contribution in [0.4, 0.5) is 0 Å². The predicted octanol–water partition coefficient (Wildman–Crippen LogP) is 2.54. The maximum atomic E-state index is 12.5. The molecule has 0 aliphatic carbocycles. The SMILES string of the molecule is N#Cc1ccc(CN2CCCN(CCS(=O)(=O)c3ccccc3)CC2)cc1. The van der Waals surface area contributed by atoms with Crippen LogP contribution in [0.5, 0.6) is 0 Å². The first-order valence-electron chi connectivity index (χ1n) is 9.28. The molecule has 0 aromatic heterocycles.